The van der Waals surface area contributed by atoms with Gasteiger partial charge in [0, 0.05) is 25.5 Å². The summed E-state index contributed by atoms with van der Waals surface area (Å²) in [6.45, 7) is 3.16. The summed E-state index contributed by atoms with van der Waals surface area (Å²) in [5.74, 6) is 0.687. The molecule has 0 spiro atoms. The van der Waals surface area contributed by atoms with E-state index in [0.29, 0.717) is 33.7 Å². The minimum atomic E-state index is -1.19. The Morgan fingerprint density at radius 3 is 2.70 bits per heavy atom. The first-order chi connectivity index (χ1) is 9.58. The molecule has 1 unspecified atom stereocenters. The molecule has 1 atom stereocenters. The van der Waals surface area contributed by atoms with Crippen molar-refractivity contribution in [2.45, 2.75) is 30.1 Å². The lowest BCUT2D eigenvalue weighted by atomic mass is 10.1. The molecule has 20 heavy (non-hydrogen) atoms. The van der Waals surface area contributed by atoms with Gasteiger partial charge in [-0.15, -0.1) is 0 Å². The Labute approximate surface area is 122 Å². The largest absolute Gasteiger partial charge is 0.381 e. The molecule has 0 N–H and O–H groups in total. The molecule has 1 aliphatic rings. The van der Waals surface area contributed by atoms with Gasteiger partial charge in [0.1, 0.15) is 5.82 Å². The van der Waals surface area contributed by atoms with Crippen LogP contribution in [-0.2, 0) is 15.5 Å². The Balaban J connectivity index is 2.17. The highest BCUT2D eigenvalue weighted by Gasteiger charge is 2.22. The molecule has 0 bridgehead atoms. The molecule has 0 aliphatic carbocycles. The maximum absolute atomic E-state index is 12.6. The van der Waals surface area contributed by atoms with E-state index in [-0.39, 0.29) is 11.6 Å². The number of aromatic nitrogens is 3. The monoisotopic (exact) mass is 313 g/mol. The van der Waals surface area contributed by atoms with E-state index in [0.717, 1.165) is 12.8 Å². The summed E-state index contributed by atoms with van der Waals surface area (Å²) in [7, 11) is -1.19. The number of rotatable bonds is 2. The van der Waals surface area contributed by atoms with Crippen molar-refractivity contribution in [3.63, 3.8) is 0 Å². The third-order valence-electron chi connectivity index (χ3n) is 3.42. The van der Waals surface area contributed by atoms with Gasteiger partial charge in [-0.1, -0.05) is 11.3 Å². The van der Waals surface area contributed by atoms with Gasteiger partial charge in [0.15, 0.2) is 14.7 Å². The zero-order valence-electron chi connectivity index (χ0n) is 11.3. The number of thiazole rings is 1. The highest BCUT2D eigenvalue weighted by Crippen LogP contribution is 2.24. The van der Waals surface area contributed by atoms with Crippen LogP contribution in [0.15, 0.2) is 9.13 Å². The minimum absolute atomic E-state index is 0.116. The SMILES string of the molecule is Cc1nc2sc(S(C)=O)nc2c(=O)n1C1CCOCC1. The summed E-state index contributed by atoms with van der Waals surface area (Å²) < 4.78 is 19.0. The number of nitrogens with zero attached hydrogens (tertiary/aromatic N) is 3. The van der Waals surface area contributed by atoms with Crippen LogP contribution in [0.1, 0.15) is 24.7 Å². The minimum Gasteiger partial charge on any atom is -0.381 e. The van der Waals surface area contributed by atoms with Crippen LogP contribution in [0.2, 0.25) is 0 Å². The molecule has 8 heteroatoms. The highest BCUT2D eigenvalue weighted by atomic mass is 32.2. The smallest absolute Gasteiger partial charge is 0.281 e. The van der Waals surface area contributed by atoms with Gasteiger partial charge < -0.3 is 4.74 Å². The molecule has 3 heterocycles. The number of hydrogen-bond donors (Lipinski definition) is 0. The summed E-state index contributed by atoms with van der Waals surface area (Å²) >= 11 is 1.23. The Morgan fingerprint density at radius 1 is 1.35 bits per heavy atom. The molecular weight excluding hydrogens is 298 g/mol. The van der Waals surface area contributed by atoms with Crippen molar-refractivity contribution in [2.24, 2.45) is 0 Å². The fourth-order valence-electron chi connectivity index (χ4n) is 2.47. The topological polar surface area (TPSA) is 74.1 Å². The Kier molecular flexibility index (Phi) is 3.70. The lowest BCUT2D eigenvalue weighted by Crippen LogP contribution is -2.31. The fraction of sp³-hybridized carbons (Fsp3) is 0.583. The van der Waals surface area contributed by atoms with E-state index in [1.54, 1.807) is 10.8 Å². The third-order valence-corrected chi connectivity index (χ3v) is 5.71. The van der Waals surface area contributed by atoms with Crippen molar-refractivity contribution in [2.75, 3.05) is 19.5 Å². The van der Waals surface area contributed by atoms with Crippen molar-refractivity contribution < 1.29 is 8.95 Å². The molecule has 0 radical (unpaired) electrons. The normalized spacial score (nSPS) is 18.5. The molecule has 6 nitrogen and oxygen atoms in total. The lowest BCUT2D eigenvalue weighted by Gasteiger charge is -2.25. The quantitative estimate of drug-likeness (QED) is 0.834. The van der Waals surface area contributed by atoms with Crippen molar-refractivity contribution in [3.8, 4) is 0 Å². The van der Waals surface area contributed by atoms with Crippen molar-refractivity contribution in [1.29, 1.82) is 0 Å². The second-order valence-corrected chi connectivity index (χ2v) is 7.30. The molecular formula is C12H15N3O3S2. The van der Waals surface area contributed by atoms with E-state index in [2.05, 4.69) is 9.97 Å². The summed E-state index contributed by atoms with van der Waals surface area (Å²) in [4.78, 5) is 21.8. The number of hydrogen-bond acceptors (Lipinski definition) is 6. The van der Waals surface area contributed by atoms with Crippen LogP contribution in [0.5, 0.6) is 0 Å². The number of ether oxygens (including phenoxy) is 1. The van der Waals surface area contributed by atoms with E-state index >= 15 is 0 Å². The third kappa shape index (κ3) is 2.32. The van der Waals surface area contributed by atoms with Gasteiger partial charge in [-0.3, -0.25) is 13.6 Å². The van der Waals surface area contributed by atoms with Crippen LogP contribution >= 0.6 is 11.3 Å². The maximum Gasteiger partial charge on any atom is 0.281 e. The molecule has 0 saturated carbocycles. The lowest BCUT2D eigenvalue weighted by molar-refractivity contribution is 0.0679. The van der Waals surface area contributed by atoms with Gasteiger partial charge >= 0.3 is 0 Å². The molecule has 1 fully saturated rings. The van der Waals surface area contributed by atoms with Crippen molar-refractivity contribution in [1.82, 2.24) is 14.5 Å². The first-order valence-electron chi connectivity index (χ1n) is 6.39. The van der Waals surface area contributed by atoms with Crippen LogP contribution in [0.3, 0.4) is 0 Å². The van der Waals surface area contributed by atoms with Gasteiger partial charge in [-0.05, 0) is 19.8 Å². The Morgan fingerprint density at radius 2 is 2.05 bits per heavy atom. The zero-order chi connectivity index (χ0) is 14.3. The van der Waals surface area contributed by atoms with E-state index in [9.17, 15) is 9.00 Å². The predicted molar refractivity (Wildman–Crippen MR) is 77.8 cm³/mol. The van der Waals surface area contributed by atoms with Crippen molar-refractivity contribution >= 4 is 32.5 Å². The van der Waals surface area contributed by atoms with Crippen LogP contribution in [0, 0.1) is 6.92 Å². The first kappa shape index (κ1) is 13.8. The molecule has 108 valence electrons. The second-order valence-electron chi connectivity index (χ2n) is 4.77. The van der Waals surface area contributed by atoms with Crippen molar-refractivity contribution in [3.05, 3.63) is 16.2 Å². The first-order valence-corrected chi connectivity index (χ1v) is 8.76. The average molecular weight is 313 g/mol. The van der Waals surface area contributed by atoms with E-state index in [1.807, 2.05) is 6.92 Å². The molecule has 2 aromatic rings. The standard InChI is InChI=1S/C12H15N3O3S2/c1-7-13-10-9(14-12(19-10)20(2)17)11(16)15(7)8-3-5-18-6-4-8/h8H,3-6H2,1-2H3. The van der Waals surface area contributed by atoms with Crippen LogP contribution in [-0.4, -0.2) is 38.2 Å². The van der Waals surface area contributed by atoms with Crippen LogP contribution < -0.4 is 5.56 Å². The fourth-order valence-corrected chi connectivity index (χ4v) is 4.10. The summed E-state index contributed by atoms with van der Waals surface area (Å²) in [5.41, 5.74) is 0.199. The molecule has 0 amide bonds. The van der Waals surface area contributed by atoms with E-state index in [1.165, 1.54) is 11.3 Å². The second kappa shape index (κ2) is 5.34. The molecule has 1 aliphatic heterocycles. The summed E-state index contributed by atoms with van der Waals surface area (Å²) in [5, 5.41) is 0. The zero-order valence-corrected chi connectivity index (χ0v) is 12.9. The maximum atomic E-state index is 12.6. The van der Waals surface area contributed by atoms with Gasteiger partial charge in [0.05, 0.1) is 10.8 Å². The number of aryl methyl sites for hydroxylation is 1. The molecule has 1 saturated heterocycles. The highest BCUT2D eigenvalue weighted by molar-refractivity contribution is 7.86. The van der Waals surface area contributed by atoms with Gasteiger partial charge in [0.2, 0.25) is 0 Å². The Hall–Kier alpha value is -1.12. The molecule has 2 aromatic heterocycles. The van der Waals surface area contributed by atoms with Crippen LogP contribution in [0.4, 0.5) is 0 Å². The summed E-state index contributed by atoms with van der Waals surface area (Å²) in [6.07, 6.45) is 3.18. The summed E-state index contributed by atoms with van der Waals surface area (Å²) in [6, 6.07) is 0.116. The van der Waals surface area contributed by atoms with Gasteiger partial charge in [-0.25, -0.2) is 9.97 Å². The number of fused-ring (bicyclic) bond motifs is 1. The molecule has 0 aromatic carbocycles. The van der Waals surface area contributed by atoms with Gasteiger partial charge in [-0.2, -0.15) is 0 Å². The molecule has 3 rings (SSSR count). The van der Waals surface area contributed by atoms with E-state index in [4.69, 9.17) is 4.74 Å². The van der Waals surface area contributed by atoms with Crippen LogP contribution in [0.25, 0.3) is 10.3 Å². The average Bonchev–Trinajstić information content (AvgIpc) is 2.84. The predicted octanol–water partition coefficient (Wildman–Crippen LogP) is 1.25. The Bertz CT molecular complexity index is 731. The van der Waals surface area contributed by atoms with Gasteiger partial charge in [0.25, 0.3) is 5.56 Å². The van der Waals surface area contributed by atoms with E-state index < -0.39 is 10.8 Å².